The first-order chi connectivity index (χ1) is 7.63. The first kappa shape index (κ1) is 13.6. The Hall–Kier alpha value is -0.420. The number of ether oxygens (including phenoxy) is 1. The smallest absolute Gasteiger partial charge is 0.0897 e. The Morgan fingerprint density at radius 3 is 2.88 bits per heavy atom. The van der Waals surface area contributed by atoms with E-state index in [1.165, 1.54) is 11.1 Å². The first-order valence-corrected chi connectivity index (χ1v) is 6.05. The van der Waals surface area contributed by atoms with Gasteiger partial charge in [0.1, 0.15) is 0 Å². The molecule has 0 aliphatic heterocycles. The van der Waals surface area contributed by atoms with Crippen molar-refractivity contribution >= 4 is 15.9 Å². The molecule has 3 nitrogen and oxygen atoms in total. The van der Waals surface area contributed by atoms with E-state index in [1.54, 1.807) is 7.11 Å². The summed E-state index contributed by atoms with van der Waals surface area (Å²) in [7, 11) is 1.58. The van der Waals surface area contributed by atoms with Crippen LogP contribution in [0.1, 0.15) is 11.1 Å². The molecule has 0 heterocycles. The fourth-order valence-corrected chi connectivity index (χ4v) is 1.70. The summed E-state index contributed by atoms with van der Waals surface area (Å²) < 4.78 is 5.97. The maximum absolute atomic E-state index is 9.43. The summed E-state index contributed by atoms with van der Waals surface area (Å²) in [6.45, 7) is 3.73. The second kappa shape index (κ2) is 7.01. The van der Waals surface area contributed by atoms with Crippen molar-refractivity contribution in [3.05, 3.63) is 33.8 Å². The second-order valence-corrected chi connectivity index (χ2v) is 4.68. The summed E-state index contributed by atoms with van der Waals surface area (Å²) in [4.78, 5) is 0. The quantitative estimate of drug-likeness (QED) is 0.839. The number of rotatable bonds is 6. The predicted octanol–water partition coefficient (Wildman–Crippen LogP) is 1.85. The highest BCUT2D eigenvalue weighted by Crippen LogP contribution is 2.16. The maximum Gasteiger partial charge on any atom is 0.0897 e. The minimum Gasteiger partial charge on any atom is -0.389 e. The molecule has 0 aliphatic rings. The lowest BCUT2D eigenvalue weighted by Crippen LogP contribution is -2.29. The number of aryl methyl sites for hydroxylation is 1. The summed E-state index contributed by atoms with van der Waals surface area (Å²) in [5.41, 5.74) is 2.43. The van der Waals surface area contributed by atoms with Crippen LogP contribution >= 0.6 is 15.9 Å². The van der Waals surface area contributed by atoms with Crippen LogP contribution in [0.25, 0.3) is 0 Å². The van der Waals surface area contributed by atoms with Crippen LogP contribution in [-0.4, -0.2) is 31.5 Å². The van der Waals surface area contributed by atoms with E-state index in [-0.39, 0.29) is 0 Å². The molecule has 16 heavy (non-hydrogen) atoms. The van der Waals surface area contributed by atoms with Crippen LogP contribution in [0.15, 0.2) is 22.7 Å². The molecule has 0 radical (unpaired) electrons. The van der Waals surface area contributed by atoms with Gasteiger partial charge in [-0.25, -0.2) is 0 Å². The number of benzene rings is 1. The van der Waals surface area contributed by atoms with E-state index in [2.05, 4.69) is 40.3 Å². The minimum absolute atomic E-state index is 0.367. The SMILES string of the molecule is COCC(O)CNCc1ccc(Br)c(C)c1. The van der Waals surface area contributed by atoms with E-state index in [0.717, 1.165) is 11.0 Å². The third-order valence-corrected chi connectivity index (χ3v) is 3.18. The summed E-state index contributed by atoms with van der Waals surface area (Å²) in [5.74, 6) is 0. The maximum atomic E-state index is 9.43. The Balaban J connectivity index is 2.34. The molecule has 0 fully saturated rings. The van der Waals surface area contributed by atoms with Gasteiger partial charge in [0, 0.05) is 24.7 Å². The fourth-order valence-electron chi connectivity index (χ4n) is 1.45. The number of aliphatic hydroxyl groups is 1. The zero-order valence-corrected chi connectivity index (χ0v) is 11.3. The molecule has 90 valence electrons. The summed E-state index contributed by atoms with van der Waals surface area (Å²) in [6.07, 6.45) is -0.443. The molecular formula is C12H18BrNO2. The Kier molecular flexibility index (Phi) is 5.98. The normalized spacial score (nSPS) is 12.8. The first-order valence-electron chi connectivity index (χ1n) is 5.26. The summed E-state index contributed by atoms with van der Waals surface area (Å²) in [6, 6.07) is 6.23. The highest BCUT2D eigenvalue weighted by atomic mass is 79.9. The van der Waals surface area contributed by atoms with Gasteiger partial charge in [0.15, 0.2) is 0 Å². The van der Waals surface area contributed by atoms with Gasteiger partial charge in [-0.15, -0.1) is 0 Å². The molecule has 1 rings (SSSR count). The lowest BCUT2D eigenvalue weighted by Gasteiger charge is -2.11. The lowest BCUT2D eigenvalue weighted by atomic mass is 10.1. The lowest BCUT2D eigenvalue weighted by molar-refractivity contribution is 0.0644. The molecule has 0 saturated heterocycles. The van der Waals surface area contributed by atoms with Crippen molar-refractivity contribution in [2.75, 3.05) is 20.3 Å². The Labute approximate surface area is 105 Å². The van der Waals surface area contributed by atoms with Gasteiger partial charge >= 0.3 is 0 Å². The van der Waals surface area contributed by atoms with E-state index in [0.29, 0.717) is 13.2 Å². The largest absolute Gasteiger partial charge is 0.389 e. The molecule has 0 amide bonds. The summed E-state index contributed by atoms with van der Waals surface area (Å²) >= 11 is 3.46. The van der Waals surface area contributed by atoms with Crippen LogP contribution < -0.4 is 5.32 Å². The molecule has 1 unspecified atom stereocenters. The number of nitrogens with one attached hydrogen (secondary N) is 1. The second-order valence-electron chi connectivity index (χ2n) is 3.82. The number of hydrogen-bond acceptors (Lipinski definition) is 3. The predicted molar refractivity (Wildman–Crippen MR) is 68.5 cm³/mol. The van der Waals surface area contributed by atoms with Gasteiger partial charge < -0.3 is 15.2 Å². The molecule has 0 bridgehead atoms. The van der Waals surface area contributed by atoms with Crippen LogP contribution in [0.4, 0.5) is 0 Å². The Morgan fingerprint density at radius 2 is 2.25 bits per heavy atom. The van der Waals surface area contributed by atoms with Crippen molar-refractivity contribution in [3.8, 4) is 0 Å². The zero-order chi connectivity index (χ0) is 12.0. The molecular weight excluding hydrogens is 270 g/mol. The van der Waals surface area contributed by atoms with Gasteiger partial charge in [-0.1, -0.05) is 28.1 Å². The minimum atomic E-state index is -0.443. The molecule has 4 heteroatoms. The molecule has 0 aliphatic carbocycles. The van der Waals surface area contributed by atoms with Crippen molar-refractivity contribution in [2.45, 2.75) is 19.6 Å². The van der Waals surface area contributed by atoms with E-state index >= 15 is 0 Å². The van der Waals surface area contributed by atoms with Gasteiger partial charge in [-0.2, -0.15) is 0 Å². The fraction of sp³-hybridized carbons (Fsp3) is 0.500. The third kappa shape index (κ3) is 4.61. The Bertz CT molecular complexity index is 331. The van der Waals surface area contributed by atoms with Crippen LogP contribution in [-0.2, 0) is 11.3 Å². The molecule has 1 aromatic rings. The average Bonchev–Trinajstić information content (AvgIpc) is 2.24. The molecule has 0 saturated carbocycles. The van der Waals surface area contributed by atoms with Crippen LogP contribution in [0, 0.1) is 6.92 Å². The topological polar surface area (TPSA) is 41.5 Å². The monoisotopic (exact) mass is 287 g/mol. The molecule has 2 N–H and O–H groups in total. The van der Waals surface area contributed by atoms with Crippen molar-refractivity contribution in [3.63, 3.8) is 0 Å². The van der Waals surface area contributed by atoms with Crippen molar-refractivity contribution in [1.29, 1.82) is 0 Å². The highest BCUT2D eigenvalue weighted by molar-refractivity contribution is 9.10. The van der Waals surface area contributed by atoms with Crippen molar-refractivity contribution < 1.29 is 9.84 Å². The number of methoxy groups -OCH3 is 1. The van der Waals surface area contributed by atoms with Gasteiger partial charge in [0.05, 0.1) is 12.7 Å². The van der Waals surface area contributed by atoms with Gasteiger partial charge in [-0.3, -0.25) is 0 Å². The van der Waals surface area contributed by atoms with E-state index in [9.17, 15) is 5.11 Å². The van der Waals surface area contributed by atoms with E-state index < -0.39 is 6.10 Å². The zero-order valence-electron chi connectivity index (χ0n) is 9.66. The van der Waals surface area contributed by atoms with Gasteiger partial charge in [0.2, 0.25) is 0 Å². The number of hydrogen-bond donors (Lipinski definition) is 2. The van der Waals surface area contributed by atoms with Crippen LogP contribution in [0.5, 0.6) is 0 Å². The standard InChI is InChI=1S/C12H18BrNO2/c1-9-5-10(3-4-12(9)13)6-14-7-11(15)8-16-2/h3-5,11,14-15H,6-8H2,1-2H3. The number of halogens is 1. The van der Waals surface area contributed by atoms with Crippen LogP contribution in [0.2, 0.25) is 0 Å². The summed E-state index contributed by atoms with van der Waals surface area (Å²) in [5, 5.41) is 12.6. The highest BCUT2D eigenvalue weighted by Gasteiger charge is 2.02. The number of aliphatic hydroxyl groups excluding tert-OH is 1. The van der Waals surface area contributed by atoms with E-state index in [4.69, 9.17) is 4.74 Å². The van der Waals surface area contributed by atoms with E-state index in [1.807, 2.05) is 6.07 Å². The molecule has 1 aromatic carbocycles. The van der Waals surface area contributed by atoms with Gasteiger partial charge in [0.25, 0.3) is 0 Å². The Morgan fingerprint density at radius 1 is 1.50 bits per heavy atom. The van der Waals surface area contributed by atoms with Crippen molar-refractivity contribution in [2.24, 2.45) is 0 Å². The van der Waals surface area contributed by atoms with Gasteiger partial charge in [-0.05, 0) is 24.1 Å². The average molecular weight is 288 g/mol. The van der Waals surface area contributed by atoms with Crippen LogP contribution in [0.3, 0.4) is 0 Å². The molecule has 1 atom stereocenters. The van der Waals surface area contributed by atoms with Crippen molar-refractivity contribution in [1.82, 2.24) is 5.32 Å². The third-order valence-electron chi connectivity index (χ3n) is 2.29. The molecule has 0 spiro atoms. The molecule has 0 aromatic heterocycles.